The normalized spacial score (nSPS) is 16.2. The molecule has 3 amide bonds. The van der Waals surface area contributed by atoms with E-state index in [2.05, 4.69) is 5.32 Å². The maximum atomic E-state index is 12.8. The molecule has 1 heterocycles. The highest BCUT2D eigenvalue weighted by Crippen LogP contribution is 2.25. The second-order valence-corrected chi connectivity index (χ2v) is 8.71. The standard InChI is InChI=1S/C20H28N2O4/c1-19(2,3)15(21-18(25)26-20(4,5)6)12-22-16(23)11-13-9-7-8-10-14(13)17(22)24/h7-10,15H,11-12H2,1-6H3,(H,21,25)/t15-/m1/s1. The van der Waals surface area contributed by atoms with Crippen molar-refractivity contribution in [3.05, 3.63) is 35.4 Å². The Morgan fingerprint density at radius 2 is 1.77 bits per heavy atom. The van der Waals surface area contributed by atoms with Gasteiger partial charge in [-0.25, -0.2) is 4.79 Å². The summed E-state index contributed by atoms with van der Waals surface area (Å²) in [6, 6.07) is 6.69. The average Bonchev–Trinajstić information content (AvgIpc) is 2.47. The summed E-state index contributed by atoms with van der Waals surface area (Å²) < 4.78 is 5.32. The molecule has 1 aliphatic heterocycles. The second-order valence-electron chi connectivity index (χ2n) is 8.71. The fraction of sp³-hybridized carbons (Fsp3) is 0.550. The molecular weight excluding hydrogens is 332 g/mol. The fourth-order valence-electron chi connectivity index (χ4n) is 2.75. The molecule has 1 atom stereocenters. The molecule has 6 nitrogen and oxygen atoms in total. The lowest BCUT2D eigenvalue weighted by atomic mass is 9.85. The molecule has 6 heteroatoms. The summed E-state index contributed by atoms with van der Waals surface area (Å²) in [4.78, 5) is 38.7. The third kappa shape index (κ3) is 4.84. The van der Waals surface area contributed by atoms with E-state index in [0.29, 0.717) is 5.56 Å². The lowest BCUT2D eigenvalue weighted by Crippen LogP contribution is -2.55. The molecule has 0 saturated carbocycles. The van der Waals surface area contributed by atoms with Gasteiger partial charge in [-0.15, -0.1) is 0 Å². The summed E-state index contributed by atoms with van der Waals surface area (Å²) in [5.74, 6) is -0.578. The Labute approximate surface area is 154 Å². The second kappa shape index (κ2) is 7.09. The SMILES string of the molecule is CC(C)(C)OC(=O)N[C@H](CN1C(=O)Cc2ccccc2C1=O)C(C)(C)C. The Morgan fingerprint density at radius 1 is 1.15 bits per heavy atom. The van der Waals surface area contributed by atoms with Gasteiger partial charge in [0.1, 0.15) is 5.60 Å². The van der Waals surface area contributed by atoms with Gasteiger partial charge in [-0.1, -0.05) is 39.0 Å². The van der Waals surface area contributed by atoms with Crippen LogP contribution in [-0.4, -0.2) is 41.0 Å². The zero-order chi connectivity index (χ0) is 19.7. The lowest BCUT2D eigenvalue weighted by Gasteiger charge is -2.37. The van der Waals surface area contributed by atoms with Gasteiger partial charge in [-0.2, -0.15) is 0 Å². The number of carbonyl (C=O) groups excluding carboxylic acids is 3. The number of benzene rings is 1. The third-order valence-electron chi connectivity index (χ3n) is 4.24. The van der Waals surface area contributed by atoms with Gasteiger partial charge >= 0.3 is 6.09 Å². The Kier molecular flexibility index (Phi) is 5.44. The minimum Gasteiger partial charge on any atom is -0.444 e. The van der Waals surface area contributed by atoms with E-state index in [0.717, 1.165) is 5.56 Å². The minimum absolute atomic E-state index is 0.106. The van der Waals surface area contributed by atoms with Gasteiger partial charge in [0, 0.05) is 12.1 Å². The lowest BCUT2D eigenvalue weighted by molar-refractivity contribution is -0.129. The van der Waals surface area contributed by atoms with Crippen LogP contribution in [-0.2, 0) is 16.0 Å². The Hall–Kier alpha value is -2.37. The van der Waals surface area contributed by atoms with Gasteiger partial charge in [-0.05, 0) is 37.8 Å². The van der Waals surface area contributed by atoms with Gasteiger partial charge in [0.2, 0.25) is 5.91 Å². The number of nitrogens with one attached hydrogen (secondary N) is 1. The number of ether oxygens (including phenoxy) is 1. The number of alkyl carbamates (subject to hydrolysis) is 1. The van der Waals surface area contributed by atoms with Gasteiger partial charge < -0.3 is 10.1 Å². The minimum atomic E-state index is -0.623. The van der Waals surface area contributed by atoms with Crippen LogP contribution in [0, 0.1) is 5.41 Å². The molecule has 0 aliphatic carbocycles. The number of carbonyl (C=O) groups is 3. The van der Waals surface area contributed by atoms with Crippen molar-refractivity contribution in [2.24, 2.45) is 5.41 Å². The van der Waals surface area contributed by atoms with Crippen LogP contribution in [0.1, 0.15) is 57.5 Å². The summed E-state index contributed by atoms with van der Waals surface area (Å²) in [5.41, 5.74) is 0.291. The number of nitrogens with zero attached hydrogens (tertiary/aromatic N) is 1. The maximum Gasteiger partial charge on any atom is 0.407 e. The van der Waals surface area contributed by atoms with Gasteiger partial charge in [-0.3, -0.25) is 14.5 Å². The average molecular weight is 360 g/mol. The summed E-state index contributed by atoms with van der Waals surface area (Å²) in [7, 11) is 0. The molecule has 0 bridgehead atoms. The Morgan fingerprint density at radius 3 is 2.35 bits per heavy atom. The van der Waals surface area contributed by atoms with E-state index in [1.165, 1.54) is 4.90 Å². The van der Waals surface area contributed by atoms with Crippen molar-refractivity contribution in [2.45, 2.75) is 59.6 Å². The zero-order valence-electron chi connectivity index (χ0n) is 16.4. The molecule has 2 rings (SSSR count). The third-order valence-corrected chi connectivity index (χ3v) is 4.24. The van der Waals surface area contributed by atoms with Crippen LogP contribution in [0.5, 0.6) is 0 Å². The summed E-state index contributed by atoms with van der Waals surface area (Å²) in [6.45, 7) is 11.3. The van der Waals surface area contributed by atoms with Crippen molar-refractivity contribution < 1.29 is 19.1 Å². The van der Waals surface area contributed by atoms with Crippen LogP contribution in [0.15, 0.2) is 24.3 Å². The van der Waals surface area contributed by atoms with E-state index in [1.54, 1.807) is 39.0 Å². The molecule has 0 fully saturated rings. The first-order valence-electron chi connectivity index (χ1n) is 8.80. The Balaban J connectivity index is 2.20. The number of amides is 3. The molecule has 0 aromatic heterocycles. The zero-order valence-corrected chi connectivity index (χ0v) is 16.4. The van der Waals surface area contributed by atoms with Gasteiger partial charge in [0.15, 0.2) is 0 Å². The number of fused-ring (bicyclic) bond motifs is 1. The first-order chi connectivity index (χ1) is 11.9. The van der Waals surface area contributed by atoms with E-state index in [4.69, 9.17) is 4.74 Å². The number of rotatable bonds is 3. The molecule has 0 unspecified atom stereocenters. The summed E-state index contributed by atoms with van der Waals surface area (Å²) >= 11 is 0. The quantitative estimate of drug-likeness (QED) is 0.840. The smallest absolute Gasteiger partial charge is 0.407 e. The molecule has 1 aromatic rings. The van der Waals surface area contributed by atoms with Crippen LogP contribution < -0.4 is 5.32 Å². The van der Waals surface area contributed by atoms with Crippen LogP contribution >= 0.6 is 0 Å². The summed E-state index contributed by atoms with van der Waals surface area (Å²) in [6.07, 6.45) is -0.375. The number of imide groups is 1. The summed E-state index contributed by atoms with van der Waals surface area (Å²) in [5, 5.41) is 2.82. The molecule has 1 aromatic carbocycles. The molecule has 26 heavy (non-hydrogen) atoms. The first kappa shape index (κ1) is 19.9. The monoisotopic (exact) mass is 360 g/mol. The predicted molar refractivity (Wildman–Crippen MR) is 98.8 cm³/mol. The van der Waals surface area contributed by atoms with E-state index < -0.39 is 17.7 Å². The molecule has 0 radical (unpaired) electrons. The predicted octanol–water partition coefficient (Wildman–Crippen LogP) is 3.15. The van der Waals surface area contributed by atoms with Crippen molar-refractivity contribution >= 4 is 17.9 Å². The van der Waals surface area contributed by atoms with Crippen LogP contribution in [0.3, 0.4) is 0 Å². The molecule has 142 valence electrons. The largest absolute Gasteiger partial charge is 0.444 e. The van der Waals surface area contributed by atoms with E-state index in [1.807, 2.05) is 26.8 Å². The van der Waals surface area contributed by atoms with Crippen LogP contribution in [0.25, 0.3) is 0 Å². The van der Waals surface area contributed by atoms with Crippen molar-refractivity contribution in [2.75, 3.05) is 6.54 Å². The number of hydrogen-bond acceptors (Lipinski definition) is 4. The highest BCUT2D eigenvalue weighted by Gasteiger charge is 2.36. The molecular formula is C20H28N2O4. The topological polar surface area (TPSA) is 75.7 Å². The van der Waals surface area contributed by atoms with E-state index in [9.17, 15) is 14.4 Å². The molecule has 0 saturated heterocycles. The fourth-order valence-corrected chi connectivity index (χ4v) is 2.75. The highest BCUT2D eigenvalue weighted by atomic mass is 16.6. The molecule has 0 spiro atoms. The van der Waals surface area contributed by atoms with Crippen molar-refractivity contribution in [1.29, 1.82) is 0 Å². The maximum absolute atomic E-state index is 12.8. The van der Waals surface area contributed by atoms with Crippen LogP contribution in [0.2, 0.25) is 0 Å². The van der Waals surface area contributed by atoms with Crippen molar-refractivity contribution in [1.82, 2.24) is 10.2 Å². The van der Waals surface area contributed by atoms with E-state index in [-0.39, 0.29) is 30.2 Å². The molecule has 1 N–H and O–H groups in total. The van der Waals surface area contributed by atoms with Crippen LogP contribution in [0.4, 0.5) is 4.79 Å². The Bertz CT molecular complexity index is 713. The van der Waals surface area contributed by atoms with E-state index >= 15 is 0 Å². The molecule has 1 aliphatic rings. The van der Waals surface area contributed by atoms with Gasteiger partial charge in [0.25, 0.3) is 5.91 Å². The number of hydrogen-bond donors (Lipinski definition) is 1. The highest BCUT2D eigenvalue weighted by molar-refractivity contribution is 6.09. The van der Waals surface area contributed by atoms with Crippen molar-refractivity contribution in [3.8, 4) is 0 Å². The first-order valence-corrected chi connectivity index (χ1v) is 8.80. The van der Waals surface area contributed by atoms with Crippen molar-refractivity contribution in [3.63, 3.8) is 0 Å². The van der Waals surface area contributed by atoms with Gasteiger partial charge in [0.05, 0.1) is 12.5 Å².